The second-order valence-corrected chi connectivity index (χ2v) is 9.95. The number of aromatic nitrogens is 5. The molecule has 1 saturated carbocycles. The Hall–Kier alpha value is -4.26. The van der Waals surface area contributed by atoms with Crippen LogP contribution in [0.4, 0.5) is 10.3 Å². The molecule has 6 rings (SSSR count). The molecular weight excluding hydrogens is 517 g/mol. The molecule has 1 aromatic carbocycles. The first-order chi connectivity index (χ1) is 19.3. The largest absolute Gasteiger partial charge is 0.481 e. The summed E-state index contributed by atoms with van der Waals surface area (Å²) in [4.78, 5) is 32.6. The number of anilines is 1. The van der Waals surface area contributed by atoms with Crippen molar-refractivity contribution in [3.8, 4) is 22.6 Å². The van der Waals surface area contributed by atoms with Crippen molar-refractivity contribution in [1.82, 2.24) is 24.9 Å². The summed E-state index contributed by atoms with van der Waals surface area (Å²) in [7, 11) is 0. The number of aromatic amines is 1. The van der Waals surface area contributed by atoms with Crippen molar-refractivity contribution in [2.45, 2.75) is 38.6 Å². The molecule has 1 aliphatic carbocycles. The van der Waals surface area contributed by atoms with E-state index in [1.54, 1.807) is 37.5 Å². The highest BCUT2D eigenvalue weighted by Crippen LogP contribution is 2.35. The third-order valence-electron chi connectivity index (χ3n) is 6.37. The van der Waals surface area contributed by atoms with Gasteiger partial charge in [-0.3, -0.25) is 9.78 Å². The molecule has 5 N–H and O–H groups in total. The van der Waals surface area contributed by atoms with Crippen LogP contribution in [0.2, 0.25) is 0 Å². The number of H-pyrrole nitrogens is 1. The van der Waals surface area contributed by atoms with Gasteiger partial charge in [0.1, 0.15) is 11.2 Å². The van der Waals surface area contributed by atoms with Crippen LogP contribution >= 0.6 is 0 Å². The van der Waals surface area contributed by atoms with Crippen LogP contribution in [0, 0.1) is 11.2 Å². The van der Waals surface area contributed by atoms with Gasteiger partial charge < -0.3 is 30.6 Å². The zero-order valence-corrected chi connectivity index (χ0v) is 21.9. The quantitative estimate of drug-likeness (QED) is 0.267. The van der Waals surface area contributed by atoms with Crippen LogP contribution in [-0.2, 0) is 20.8 Å². The van der Waals surface area contributed by atoms with E-state index < -0.39 is 17.7 Å². The normalized spacial score (nSPS) is 20.3. The number of nitrogens with zero attached hydrogens (tertiary/aromatic N) is 4. The van der Waals surface area contributed by atoms with Gasteiger partial charge in [-0.2, -0.15) is 0 Å². The second kappa shape index (κ2) is 11.9. The molecule has 4 heterocycles. The topological polar surface area (TPSA) is 161 Å². The van der Waals surface area contributed by atoms with E-state index in [4.69, 9.17) is 15.2 Å². The minimum atomic E-state index is -1.15. The average Bonchev–Trinajstić information content (AvgIpc) is 3.63. The fraction of sp³-hybridized carbons (Fsp3) is 0.321. The van der Waals surface area contributed by atoms with Gasteiger partial charge in [-0.1, -0.05) is 6.07 Å². The van der Waals surface area contributed by atoms with Gasteiger partial charge in [-0.15, -0.1) is 0 Å². The number of halogens is 1. The lowest BCUT2D eigenvalue weighted by Crippen LogP contribution is -2.42. The number of nitrogens with one attached hydrogen (secondary N) is 2. The van der Waals surface area contributed by atoms with Crippen LogP contribution in [0.3, 0.4) is 0 Å². The van der Waals surface area contributed by atoms with E-state index >= 15 is 0 Å². The van der Waals surface area contributed by atoms with Crippen molar-refractivity contribution >= 4 is 11.9 Å². The molecule has 2 aliphatic rings. The molecule has 0 bridgehead atoms. The first-order valence-electron chi connectivity index (χ1n) is 12.9. The summed E-state index contributed by atoms with van der Waals surface area (Å²) in [6.45, 7) is 1.92. The Morgan fingerprint density at radius 1 is 1.10 bits per heavy atom. The van der Waals surface area contributed by atoms with Crippen LogP contribution in [0.25, 0.3) is 22.6 Å². The van der Waals surface area contributed by atoms with E-state index in [-0.39, 0.29) is 19.0 Å². The maximum absolute atomic E-state index is 13.6. The Labute approximate surface area is 230 Å². The van der Waals surface area contributed by atoms with Gasteiger partial charge >= 0.3 is 5.97 Å². The number of carboxylic acids is 1. The number of aliphatic carboxylic acids is 1. The highest BCUT2D eigenvalue weighted by Gasteiger charge is 2.41. The third-order valence-corrected chi connectivity index (χ3v) is 6.37. The molecule has 208 valence electrons. The van der Waals surface area contributed by atoms with Crippen molar-refractivity contribution < 1.29 is 23.8 Å². The van der Waals surface area contributed by atoms with E-state index in [0.717, 1.165) is 5.69 Å². The van der Waals surface area contributed by atoms with Gasteiger partial charge in [-0.05, 0) is 62.2 Å². The second-order valence-electron chi connectivity index (χ2n) is 9.95. The minimum absolute atomic E-state index is 0.0377. The number of ether oxygens (including phenoxy) is 2. The summed E-state index contributed by atoms with van der Waals surface area (Å²) in [5.74, 6) is -0.633. The highest BCUT2D eigenvalue weighted by atomic mass is 19.1. The minimum Gasteiger partial charge on any atom is -0.481 e. The Morgan fingerprint density at radius 3 is 2.45 bits per heavy atom. The van der Waals surface area contributed by atoms with Crippen molar-refractivity contribution in [2.75, 3.05) is 18.5 Å². The molecule has 0 unspecified atom stereocenters. The van der Waals surface area contributed by atoms with Gasteiger partial charge in [-0.25, -0.2) is 19.3 Å². The number of imidazole rings is 1. The zero-order valence-electron chi connectivity index (χ0n) is 21.9. The molecule has 1 aliphatic heterocycles. The number of hydrogen-bond donors (Lipinski definition) is 4. The van der Waals surface area contributed by atoms with Crippen molar-refractivity contribution in [3.05, 3.63) is 78.3 Å². The molecule has 11 nitrogen and oxygen atoms in total. The van der Waals surface area contributed by atoms with Crippen LogP contribution < -0.4 is 11.1 Å². The molecule has 4 aromatic rings. The molecule has 2 fully saturated rings. The van der Waals surface area contributed by atoms with Gasteiger partial charge in [0, 0.05) is 24.0 Å². The van der Waals surface area contributed by atoms with Gasteiger partial charge in [0.25, 0.3) is 0 Å². The summed E-state index contributed by atoms with van der Waals surface area (Å²) >= 11 is 0. The van der Waals surface area contributed by atoms with Gasteiger partial charge in [0.15, 0.2) is 5.82 Å². The summed E-state index contributed by atoms with van der Waals surface area (Å²) in [6.07, 6.45) is 4.96. The SMILES string of the molecule is CC1(C(=O)O)COC(c2nc(-c3ccc(F)cc3)c(-c3ccnc(NCc4ccccn4)n3)[nH]2)OC1.NC1CC1. The van der Waals surface area contributed by atoms with Crippen molar-refractivity contribution in [2.24, 2.45) is 11.1 Å². The number of pyridine rings is 1. The number of carbonyl (C=O) groups is 1. The number of nitrogens with two attached hydrogens (primary N) is 1. The van der Waals surface area contributed by atoms with E-state index in [1.165, 1.54) is 25.0 Å². The fourth-order valence-corrected chi connectivity index (χ4v) is 3.75. The summed E-state index contributed by atoms with van der Waals surface area (Å²) in [5, 5.41) is 12.6. The maximum Gasteiger partial charge on any atom is 0.314 e. The van der Waals surface area contributed by atoms with E-state index in [0.29, 0.717) is 47.0 Å². The smallest absolute Gasteiger partial charge is 0.314 e. The first-order valence-corrected chi connectivity index (χ1v) is 12.9. The number of carboxylic acid groups (broad SMARTS) is 1. The Bertz CT molecular complexity index is 1440. The lowest BCUT2D eigenvalue weighted by Gasteiger charge is -2.33. The Kier molecular flexibility index (Phi) is 8.10. The first kappa shape index (κ1) is 27.3. The molecule has 40 heavy (non-hydrogen) atoms. The van der Waals surface area contributed by atoms with E-state index in [9.17, 15) is 14.3 Å². The van der Waals surface area contributed by atoms with Crippen LogP contribution in [0.1, 0.15) is 37.6 Å². The molecule has 3 aromatic heterocycles. The molecule has 0 radical (unpaired) electrons. The molecule has 12 heteroatoms. The Morgan fingerprint density at radius 2 is 1.82 bits per heavy atom. The highest BCUT2D eigenvalue weighted by molar-refractivity contribution is 5.77. The lowest BCUT2D eigenvalue weighted by molar-refractivity contribution is -0.236. The molecular formula is C28H30FN7O4. The monoisotopic (exact) mass is 547 g/mol. The summed E-state index contributed by atoms with van der Waals surface area (Å²) in [5.41, 5.74) is 7.17. The zero-order chi connectivity index (χ0) is 28.1. The van der Waals surface area contributed by atoms with Gasteiger partial charge in [0.2, 0.25) is 12.2 Å². The molecule has 0 spiro atoms. The van der Waals surface area contributed by atoms with Crippen LogP contribution in [0.15, 0.2) is 60.9 Å². The maximum atomic E-state index is 13.6. The molecule has 0 atom stereocenters. The van der Waals surface area contributed by atoms with Crippen LogP contribution in [-0.4, -0.2) is 55.3 Å². The predicted molar refractivity (Wildman–Crippen MR) is 144 cm³/mol. The van der Waals surface area contributed by atoms with Crippen molar-refractivity contribution in [1.29, 1.82) is 0 Å². The summed E-state index contributed by atoms with van der Waals surface area (Å²) in [6, 6.07) is 13.9. The van der Waals surface area contributed by atoms with Crippen molar-refractivity contribution in [3.63, 3.8) is 0 Å². The fourth-order valence-electron chi connectivity index (χ4n) is 3.75. The number of benzene rings is 1. The van der Waals surface area contributed by atoms with E-state index in [1.807, 2.05) is 18.2 Å². The average molecular weight is 548 g/mol. The predicted octanol–water partition coefficient (Wildman–Crippen LogP) is 3.92. The molecule has 0 amide bonds. The summed E-state index contributed by atoms with van der Waals surface area (Å²) < 4.78 is 25.0. The van der Waals surface area contributed by atoms with Crippen LogP contribution in [0.5, 0.6) is 0 Å². The lowest BCUT2D eigenvalue weighted by atomic mass is 9.92. The Balaban J connectivity index is 0.000000741. The number of hydrogen-bond acceptors (Lipinski definition) is 9. The van der Waals surface area contributed by atoms with Gasteiger partial charge in [0.05, 0.1) is 42.5 Å². The number of rotatable bonds is 7. The molecule has 1 saturated heterocycles. The third kappa shape index (κ3) is 6.65. The standard InChI is InChI=1S/C25H23FN6O4.C3H7N/c1-25(23(33)34)13-35-22(36-14-25)21-31-19(15-5-7-16(26)8-6-15)20(32-21)18-9-11-28-24(30-18)29-12-17-4-2-3-10-27-17;4-3-1-2-3/h2-11,22H,12-14H2,1H3,(H,31,32)(H,33,34)(H,28,29,30);3H,1-2,4H2. The van der Waals surface area contributed by atoms with E-state index in [2.05, 4.69) is 30.2 Å².